The van der Waals surface area contributed by atoms with Crippen molar-refractivity contribution in [1.82, 2.24) is 10.8 Å². The number of carbonyl (C=O) groups excluding carboxylic acids is 2. The van der Waals surface area contributed by atoms with Gasteiger partial charge in [0.25, 0.3) is 0 Å². The van der Waals surface area contributed by atoms with Crippen LogP contribution in [0.15, 0.2) is 0 Å². The third-order valence-electron chi connectivity index (χ3n) is 3.41. The van der Waals surface area contributed by atoms with Crippen molar-refractivity contribution in [2.75, 3.05) is 6.61 Å². The molecule has 0 aliphatic heterocycles. The van der Waals surface area contributed by atoms with Crippen LogP contribution in [0.5, 0.6) is 0 Å². The first kappa shape index (κ1) is 17.0. The number of amides is 2. The molecule has 20 heavy (non-hydrogen) atoms. The highest BCUT2D eigenvalue weighted by atomic mass is 16.7. The lowest BCUT2D eigenvalue weighted by Crippen LogP contribution is -2.43. The molecule has 1 saturated carbocycles. The molecule has 2 N–H and O–H groups in total. The smallest absolute Gasteiger partial charge is 0.249 e. The van der Waals surface area contributed by atoms with Crippen LogP contribution in [0, 0.1) is 5.92 Å². The van der Waals surface area contributed by atoms with Gasteiger partial charge in [-0.25, -0.2) is 5.48 Å². The van der Waals surface area contributed by atoms with Gasteiger partial charge in [-0.3, -0.25) is 14.4 Å². The van der Waals surface area contributed by atoms with Crippen molar-refractivity contribution in [3.05, 3.63) is 0 Å². The Morgan fingerprint density at radius 3 is 2.35 bits per heavy atom. The van der Waals surface area contributed by atoms with E-state index in [0.717, 1.165) is 6.42 Å². The highest BCUT2D eigenvalue weighted by Gasteiger charge is 2.16. The van der Waals surface area contributed by atoms with Gasteiger partial charge in [-0.15, -0.1) is 0 Å². The molecule has 2 amide bonds. The van der Waals surface area contributed by atoms with Crippen molar-refractivity contribution >= 4 is 11.8 Å². The van der Waals surface area contributed by atoms with Gasteiger partial charge >= 0.3 is 0 Å². The second-order valence-electron chi connectivity index (χ2n) is 6.65. The molecule has 1 fully saturated rings. The summed E-state index contributed by atoms with van der Waals surface area (Å²) in [5.41, 5.74) is 2.05. The van der Waals surface area contributed by atoms with E-state index in [2.05, 4.69) is 10.8 Å². The molecular formula is C15H28N2O3. The summed E-state index contributed by atoms with van der Waals surface area (Å²) in [4.78, 5) is 28.0. The van der Waals surface area contributed by atoms with E-state index in [4.69, 9.17) is 4.84 Å². The Labute approximate surface area is 121 Å². The predicted octanol–water partition coefficient (Wildman–Crippen LogP) is 2.31. The highest BCUT2D eigenvalue weighted by molar-refractivity contribution is 5.78. The van der Waals surface area contributed by atoms with Crippen LogP contribution in [-0.4, -0.2) is 24.0 Å². The van der Waals surface area contributed by atoms with Gasteiger partial charge in [-0.2, -0.15) is 0 Å². The Morgan fingerprint density at radius 2 is 1.75 bits per heavy atom. The van der Waals surface area contributed by atoms with E-state index in [1.165, 1.54) is 32.1 Å². The van der Waals surface area contributed by atoms with E-state index in [-0.39, 0.29) is 24.0 Å². The van der Waals surface area contributed by atoms with Crippen molar-refractivity contribution in [2.45, 2.75) is 71.3 Å². The molecule has 116 valence electrons. The van der Waals surface area contributed by atoms with Crippen molar-refractivity contribution in [1.29, 1.82) is 0 Å². The normalized spacial score (nSPS) is 16.8. The first-order chi connectivity index (χ1) is 9.37. The Hall–Kier alpha value is -1.10. The van der Waals surface area contributed by atoms with E-state index in [0.29, 0.717) is 12.3 Å². The van der Waals surface area contributed by atoms with Gasteiger partial charge in [0.1, 0.15) is 0 Å². The lowest BCUT2D eigenvalue weighted by atomic mass is 9.86. The summed E-state index contributed by atoms with van der Waals surface area (Å²) < 4.78 is 0. The molecule has 0 aromatic rings. The summed E-state index contributed by atoms with van der Waals surface area (Å²) in [6, 6.07) is 0. The average molecular weight is 284 g/mol. The number of hydrogen-bond acceptors (Lipinski definition) is 3. The number of carbonyl (C=O) groups is 2. The number of hydroxylamine groups is 1. The molecule has 0 radical (unpaired) electrons. The first-order valence-electron chi connectivity index (χ1n) is 7.58. The Morgan fingerprint density at radius 1 is 1.10 bits per heavy atom. The van der Waals surface area contributed by atoms with Crippen LogP contribution in [-0.2, 0) is 14.4 Å². The van der Waals surface area contributed by atoms with Gasteiger partial charge in [-0.05, 0) is 33.1 Å². The summed E-state index contributed by atoms with van der Waals surface area (Å²) in [6.07, 6.45) is 7.78. The molecule has 0 spiro atoms. The maximum atomic E-state index is 11.6. The fourth-order valence-electron chi connectivity index (χ4n) is 2.50. The fraction of sp³-hybridized carbons (Fsp3) is 0.867. The van der Waals surface area contributed by atoms with Gasteiger partial charge in [0.15, 0.2) is 6.61 Å². The predicted molar refractivity (Wildman–Crippen MR) is 77.8 cm³/mol. The van der Waals surface area contributed by atoms with Gasteiger partial charge in [0.2, 0.25) is 11.8 Å². The minimum atomic E-state index is -0.286. The van der Waals surface area contributed by atoms with Crippen LogP contribution in [0.4, 0.5) is 0 Å². The molecular weight excluding hydrogens is 256 g/mol. The molecule has 0 aromatic heterocycles. The Bertz CT molecular complexity index is 318. The summed E-state index contributed by atoms with van der Waals surface area (Å²) in [5.74, 6) is 0.308. The van der Waals surface area contributed by atoms with E-state index in [9.17, 15) is 9.59 Å². The van der Waals surface area contributed by atoms with Gasteiger partial charge in [0.05, 0.1) is 0 Å². The molecule has 0 atom stereocenters. The maximum Gasteiger partial charge on any atom is 0.249 e. The van der Waals surface area contributed by atoms with Crippen LogP contribution in [0.2, 0.25) is 0 Å². The van der Waals surface area contributed by atoms with Gasteiger partial charge in [-0.1, -0.05) is 32.1 Å². The zero-order valence-corrected chi connectivity index (χ0v) is 13.0. The SMILES string of the molecule is CC(C)(C)NC(=O)CONC(=O)CCC1CCCCC1. The summed E-state index contributed by atoms with van der Waals surface area (Å²) in [5, 5.41) is 2.76. The Kier molecular flexibility index (Phi) is 6.99. The van der Waals surface area contributed by atoms with Crippen molar-refractivity contribution in [3.8, 4) is 0 Å². The lowest BCUT2D eigenvalue weighted by Gasteiger charge is -2.21. The minimum Gasteiger partial charge on any atom is -0.349 e. The molecule has 0 aromatic carbocycles. The standard InChI is InChI=1S/C15H28N2O3/c1-15(2,3)16-14(19)11-20-17-13(18)10-9-12-7-5-4-6-8-12/h12H,4-11H2,1-3H3,(H,16,19)(H,17,18). The van der Waals surface area contributed by atoms with Crippen LogP contribution in [0.25, 0.3) is 0 Å². The molecule has 5 nitrogen and oxygen atoms in total. The van der Waals surface area contributed by atoms with E-state index >= 15 is 0 Å². The molecule has 1 aliphatic rings. The average Bonchev–Trinajstić information content (AvgIpc) is 2.35. The van der Waals surface area contributed by atoms with Crippen molar-refractivity contribution in [2.24, 2.45) is 5.92 Å². The van der Waals surface area contributed by atoms with Crippen LogP contribution >= 0.6 is 0 Å². The fourth-order valence-corrected chi connectivity index (χ4v) is 2.50. The molecule has 0 heterocycles. The number of nitrogens with one attached hydrogen (secondary N) is 2. The third kappa shape index (κ3) is 8.15. The van der Waals surface area contributed by atoms with E-state index in [1.54, 1.807) is 0 Å². The van der Waals surface area contributed by atoms with Gasteiger partial charge in [0, 0.05) is 12.0 Å². The minimum absolute atomic E-state index is 0.140. The number of rotatable bonds is 6. The summed E-state index contributed by atoms with van der Waals surface area (Å²) in [7, 11) is 0. The molecule has 5 heteroatoms. The third-order valence-corrected chi connectivity index (χ3v) is 3.41. The second-order valence-corrected chi connectivity index (χ2v) is 6.65. The molecule has 0 saturated heterocycles. The molecule has 1 aliphatic carbocycles. The number of hydrogen-bond donors (Lipinski definition) is 2. The lowest BCUT2D eigenvalue weighted by molar-refractivity contribution is -0.140. The van der Waals surface area contributed by atoms with Crippen LogP contribution in [0.3, 0.4) is 0 Å². The summed E-state index contributed by atoms with van der Waals surface area (Å²) >= 11 is 0. The molecule has 0 bridgehead atoms. The van der Waals surface area contributed by atoms with Crippen molar-refractivity contribution in [3.63, 3.8) is 0 Å². The maximum absolute atomic E-state index is 11.6. The Balaban J connectivity index is 2.06. The first-order valence-corrected chi connectivity index (χ1v) is 7.58. The quantitative estimate of drug-likeness (QED) is 0.735. The topological polar surface area (TPSA) is 67.4 Å². The molecule has 0 unspecified atom stereocenters. The van der Waals surface area contributed by atoms with E-state index in [1.807, 2.05) is 20.8 Å². The van der Waals surface area contributed by atoms with Gasteiger partial charge < -0.3 is 5.32 Å². The highest BCUT2D eigenvalue weighted by Crippen LogP contribution is 2.27. The second kappa shape index (κ2) is 8.25. The molecule has 1 rings (SSSR count). The monoisotopic (exact) mass is 284 g/mol. The largest absolute Gasteiger partial charge is 0.349 e. The zero-order valence-electron chi connectivity index (χ0n) is 13.0. The van der Waals surface area contributed by atoms with Crippen molar-refractivity contribution < 1.29 is 14.4 Å². The zero-order chi connectivity index (χ0) is 15.0. The van der Waals surface area contributed by atoms with Crippen LogP contribution in [0.1, 0.15) is 65.7 Å². The summed E-state index contributed by atoms with van der Waals surface area (Å²) in [6.45, 7) is 5.54. The van der Waals surface area contributed by atoms with E-state index < -0.39 is 0 Å². The van der Waals surface area contributed by atoms with Crippen LogP contribution < -0.4 is 10.8 Å².